The third kappa shape index (κ3) is 5.10. The lowest BCUT2D eigenvalue weighted by Gasteiger charge is -2.14. The number of nitrogens with one attached hydrogen (secondary N) is 1. The van der Waals surface area contributed by atoms with Gasteiger partial charge in [0.05, 0.1) is 5.25 Å². The summed E-state index contributed by atoms with van der Waals surface area (Å²) in [6, 6.07) is 19.0. The molecule has 7 heteroatoms. The third-order valence-electron chi connectivity index (χ3n) is 3.99. The van der Waals surface area contributed by atoms with Gasteiger partial charge in [0.25, 0.3) is 0 Å². The summed E-state index contributed by atoms with van der Waals surface area (Å²) >= 11 is 1.41. The van der Waals surface area contributed by atoms with E-state index in [0.717, 1.165) is 11.4 Å². The van der Waals surface area contributed by atoms with Crippen molar-refractivity contribution < 1.29 is 9.53 Å². The van der Waals surface area contributed by atoms with Crippen LogP contribution in [0, 0.1) is 0 Å². The molecule has 0 aliphatic carbocycles. The smallest absolute Gasteiger partial charge is 0.237 e. The molecule has 1 aromatic heterocycles. The molecule has 1 amide bonds. The fraction of sp³-hybridized carbons (Fsp3) is 0.250. The van der Waals surface area contributed by atoms with Gasteiger partial charge in [-0.1, -0.05) is 55.1 Å². The normalized spacial score (nSPS) is 11.8. The fourth-order valence-corrected chi connectivity index (χ4v) is 3.37. The topological polar surface area (TPSA) is 69.0 Å². The highest BCUT2D eigenvalue weighted by Gasteiger charge is 2.21. The second-order valence-electron chi connectivity index (χ2n) is 5.93. The number of ether oxygens (including phenoxy) is 1. The maximum Gasteiger partial charge on any atom is 0.237 e. The van der Waals surface area contributed by atoms with E-state index in [1.165, 1.54) is 11.8 Å². The number of carbonyl (C=O) groups is 1. The Morgan fingerprint density at radius 2 is 1.78 bits per heavy atom. The molecule has 27 heavy (non-hydrogen) atoms. The van der Waals surface area contributed by atoms with Crippen molar-refractivity contribution in [2.45, 2.75) is 30.4 Å². The van der Waals surface area contributed by atoms with Crippen molar-refractivity contribution in [3.63, 3.8) is 0 Å². The van der Waals surface area contributed by atoms with E-state index in [0.29, 0.717) is 24.0 Å². The van der Waals surface area contributed by atoms with Crippen molar-refractivity contribution in [2.75, 3.05) is 5.32 Å². The molecular formula is C20H22N4O2S. The number of hydrogen-bond donors (Lipinski definition) is 1. The number of carbonyl (C=O) groups excluding carboxylic acids is 1. The van der Waals surface area contributed by atoms with Gasteiger partial charge in [-0.15, -0.1) is 10.2 Å². The van der Waals surface area contributed by atoms with Crippen LogP contribution in [0.2, 0.25) is 0 Å². The number of nitrogens with zero attached hydrogens (tertiary/aromatic N) is 3. The first-order chi connectivity index (χ1) is 13.2. The van der Waals surface area contributed by atoms with E-state index < -0.39 is 0 Å². The van der Waals surface area contributed by atoms with E-state index in [1.54, 1.807) is 0 Å². The number of thioether (sulfide) groups is 1. The molecule has 1 heterocycles. The first-order valence-electron chi connectivity index (χ1n) is 8.76. The molecule has 0 bridgehead atoms. The summed E-state index contributed by atoms with van der Waals surface area (Å²) < 4.78 is 7.60. The van der Waals surface area contributed by atoms with Crippen molar-refractivity contribution >= 4 is 23.4 Å². The molecule has 140 valence electrons. The van der Waals surface area contributed by atoms with Gasteiger partial charge in [0.15, 0.2) is 11.0 Å². The van der Waals surface area contributed by atoms with Crippen molar-refractivity contribution in [2.24, 2.45) is 7.05 Å². The summed E-state index contributed by atoms with van der Waals surface area (Å²) in [5.74, 6) is 1.45. The molecule has 0 spiro atoms. The number of rotatable bonds is 8. The summed E-state index contributed by atoms with van der Waals surface area (Å²) in [6.45, 7) is 2.30. The summed E-state index contributed by atoms with van der Waals surface area (Å²) in [5.41, 5.74) is 0.788. The van der Waals surface area contributed by atoms with Gasteiger partial charge in [-0.25, -0.2) is 0 Å². The molecule has 3 aromatic rings. The van der Waals surface area contributed by atoms with Crippen LogP contribution in [0.1, 0.15) is 19.2 Å². The molecule has 6 nitrogen and oxygen atoms in total. The second kappa shape index (κ2) is 9.23. The van der Waals surface area contributed by atoms with Gasteiger partial charge in [0, 0.05) is 12.7 Å². The Balaban J connectivity index is 1.62. The molecule has 0 saturated heterocycles. The van der Waals surface area contributed by atoms with Crippen LogP contribution in [0.3, 0.4) is 0 Å². The van der Waals surface area contributed by atoms with Crippen LogP contribution in [-0.2, 0) is 18.4 Å². The molecule has 3 rings (SSSR count). The van der Waals surface area contributed by atoms with E-state index in [4.69, 9.17) is 4.74 Å². The Morgan fingerprint density at radius 1 is 1.11 bits per heavy atom. The average molecular weight is 382 g/mol. The first kappa shape index (κ1) is 19.0. The maximum atomic E-state index is 12.6. The van der Waals surface area contributed by atoms with E-state index >= 15 is 0 Å². The lowest BCUT2D eigenvalue weighted by atomic mass is 10.3. The zero-order valence-corrected chi connectivity index (χ0v) is 16.1. The Hall–Kier alpha value is -2.80. The van der Waals surface area contributed by atoms with Crippen LogP contribution in [0.25, 0.3) is 0 Å². The minimum atomic E-state index is -0.254. The van der Waals surface area contributed by atoms with Gasteiger partial charge in [-0.05, 0) is 30.7 Å². The van der Waals surface area contributed by atoms with Crippen LogP contribution in [0.5, 0.6) is 5.75 Å². The Bertz CT molecular complexity index is 868. The van der Waals surface area contributed by atoms with Gasteiger partial charge in [-0.2, -0.15) is 0 Å². The molecule has 0 saturated carbocycles. The average Bonchev–Trinajstić information content (AvgIpc) is 3.05. The van der Waals surface area contributed by atoms with E-state index in [-0.39, 0.29) is 11.2 Å². The van der Waals surface area contributed by atoms with Crippen LogP contribution in [-0.4, -0.2) is 25.9 Å². The fourth-order valence-electron chi connectivity index (χ4n) is 2.43. The van der Waals surface area contributed by atoms with E-state index in [9.17, 15) is 4.79 Å². The number of para-hydroxylation sites is 2. The molecule has 1 atom stereocenters. The van der Waals surface area contributed by atoms with Crippen LogP contribution >= 0.6 is 11.8 Å². The zero-order chi connectivity index (χ0) is 19.1. The molecule has 0 fully saturated rings. The Labute approximate surface area is 163 Å². The van der Waals surface area contributed by atoms with Gasteiger partial charge in [0.1, 0.15) is 12.4 Å². The quantitative estimate of drug-likeness (QED) is 0.598. The summed E-state index contributed by atoms with van der Waals surface area (Å²) in [5, 5.41) is 11.8. The predicted molar refractivity (Wildman–Crippen MR) is 107 cm³/mol. The monoisotopic (exact) mass is 382 g/mol. The predicted octanol–water partition coefficient (Wildman–Crippen LogP) is 3.90. The number of aromatic nitrogens is 3. The highest BCUT2D eigenvalue weighted by Crippen LogP contribution is 2.25. The van der Waals surface area contributed by atoms with Gasteiger partial charge in [-0.3, -0.25) is 4.79 Å². The Kier molecular flexibility index (Phi) is 6.49. The highest BCUT2D eigenvalue weighted by molar-refractivity contribution is 8.00. The van der Waals surface area contributed by atoms with E-state index in [2.05, 4.69) is 15.5 Å². The van der Waals surface area contributed by atoms with Crippen LogP contribution in [0.4, 0.5) is 5.69 Å². The first-order valence-corrected chi connectivity index (χ1v) is 9.64. The summed E-state index contributed by atoms with van der Waals surface area (Å²) in [6.07, 6.45) is 0.687. The molecular weight excluding hydrogens is 360 g/mol. The molecule has 1 N–H and O–H groups in total. The van der Waals surface area contributed by atoms with Gasteiger partial charge >= 0.3 is 0 Å². The molecule has 0 unspecified atom stereocenters. The van der Waals surface area contributed by atoms with Gasteiger partial charge in [0.2, 0.25) is 5.91 Å². The standard InChI is InChI=1S/C20H22N4O2S/c1-3-17(19(25)21-15-10-6-4-7-11-15)27-20-23-22-18(24(20)2)14-26-16-12-8-5-9-13-16/h4-13,17H,3,14H2,1-2H3,(H,21,25)/t17-/m1/s1. The second-order valence-corrected chi connectivity index (χ2v) is 7.10. The third-order valence-corrected chi connectivity index (χ3v) is 5.39. The lowest BCUT2D eigenvalue weighted by molar-refractivity contribution is -0.115. The van der Waals surface area contributed by atoms with Crippen LogP contribution in [0.15, 0.2) is 65.8 Å². The summed E-state index contributed by atoms with van der Waals surface area (Å²) in [4.78, 5) is 12.6. The van der Waals surface area contributed by atoms with Gasteiger partial charge < -0.3 is 14.6 Å². The molecule has 2 aromatic carbocycles. The van der Waals surface area contributed by atoms with Crippen LogP contribution < -0.4 is 10.1 Å². The number of benzene rings is 2. The Morgan fingerprint density at radius 3 is 2.44 bits per heavy atom. The minimum absolute atomic E-state index is 0.0428. The zero-order valence-electron chi connectivity index (χ0n) is 15.3. The van der Waals surface area contributed by atoms with Crippen molar-refractivity contribution in [1.29, 1.82) is 0 Å². The van der Waals surface area contributed by atoms with Crippen molar-refractivity contribution in [1.82, 2.24) is 14.8 Å². The molecule has 0 radical (unpaired) electrons. The number of hydrogen-bond acceptors (Lipinski definition) is 5. The highest BCUT2D eigenvalue weighted by atomic mass is 32.2. The number of anilines is 1. The molecule has 0 aliphatic rings. The van der Waals surface area contributed by atoms with Crippen molar-refractivity contribution in [3.8, 4) is 5.75 Å². The molecule has 0 aliphatic heterocycles. The lowest BCUT2D eigenvalue weighted by Crippen LogP contribution is -2.25. The SMILES string of the molecule is CC[C@@H](Sc1nnc(COc2ccccc2)n1C)C(=O)Nc1ccccc1. The van der Waals surface area contributed by atoms with E-state index in [1.807, 2.05) is 79.2 Å². The minimum Gasteiger partial charge on any atom is -0.486 e. The largest absolute Gasteiger partial charge is 0.486 e. The maximum absolute atomic E-state index is 12.6. The summed E-state index contributed by atoms with van der Waals surface area (Å²) in [7, 11) is 1.88. The number of amides is 1. The van der Waals surface area contributed by atoms with Crippen molar-refractivity contribution in [3.05, 3.63) is 66.5 Å².